The van der Waals surface area contributed by atoms with Gasteiger partial charge in [-0.05, 0) is 97.6 Å². The van der Waals surface area contributed by atoms with Crippen molar-refractivity contribution in [2.75, 3.05) is 5.32 Å². The van der Waals surface area contributed by atoms with Gasteiger partial charge in [0.1, 0.15) is 17.1 Å². The molecule has 1 heterocycles. The van der Waals surface area contributed by atoms with Crippen molar-refractivity contribution in [3.8, 4) is 11.5 Å². The predicted octanol–water partition coefficient (Wildman–Crippen LogP) is 6.26. The third-order valence-electron chi connectivity index (χ3n) is 7.16. The number of halogens is 3. The molecule has 0 atom stereocenters. The number of rotatable bonds is 7. The number of carbonyl (C=O) groups is 2. The summed E-state index contributed by atoms with van der Waals surface area (Å²) < 4.78 is 45.2. The Labute approximate surface area is 233 Å². The van der Waals surface area contributed by atoms with Crippen molar-refractivity contribution in [2.24, 2.45) is 7.05 Å². The minimum atomic E-state index is -4.42. The van der Waals surface area contributed by atoms with Crippen LogP contribution in [0.1, 0.15) is 51.1 Å². The highest BCUT2D eigenvalue weighted by molar-refractivity contribution is 6.04. The number of ether oxygens (including phenoxy) is 1. The van der Waals surface area contributed by atoms with Crippen LogP contribution < -0.4 is 20.9 Å². The molecule has 2 N–H and O–H groups in total. The van der Waals surface area contributed by atoms with Gasteiger partial charge in [0.05, 0.1) is 11.1 Å². The number of hydrogen-bond donors (Lipinski definition) is 2. The van der Waals surface area contributed by atoms with Crippen LogP contribution in [0.4, 0.5) is 18.9 Å². The Balaban J connectivity index is 1.21. The molecule has 3 aromatic carbocycles. The first kappa shape index (κ1) is 27.7. The number of nitrogens with one attached hydrogen (secondary N) is 2. The number of pyridine rings is 1. The predicted molar refractivity (Wildman–Crippen MR) is 147 cm³/mol. The number of carbonyl (C=O) groups excluding carboxylic acids is 2. The van der Waals surface area contributed by atoms with E-state index in [1.54, 1.807) is 55.7 Å². The van der Waals surface area contributed by atoms with Gasteiger partial charge in [-0.1, -0.05) is 12.1 Å². The fourth-order valence-corrected chi connectivity index (χ4v) is 4.67. The number of anilines is 1. The van der Waals surface area contributed by atoms with Gasteiger partial charge in [-0.25, -0.2) is 0 Å². The second kappa shape index (κ2) is 11.0. The molecule has 2 amide bonds. The van der Waals surface area contributed by atoms with E-state index in [9.17, 15) is 27.6 Å². The molecule has 5 rings (SSSR count). The summed E-state index contributed by atoms with van der Waals surface area (Å²) in [5.41, 5.74) is 0.174. The highest BCUT2D eigenvalue weighted by atomic mass is 19.4. The SMILES string of the molecule is Cn1cccc(C(=O)NC2(c3ccc(NC(=O)c4ccc(Oc5ccc(C(F)(F)F)cc5)cc4)cc3)CCC2)c1=O. The van der Waals surface area contributed by atoms with E-state index in [0.29, 0.717) is 17.0 Å². The van der Waals surface area contributed by atoms with E-state index in [1.165, 1.54) is 22.8 Å². The molecule has 10 heteroatoms. The first-order valence-electron chi connectivity index (χ1n) is 12.9. The molecule has 7 nitrogen and oxygen atoms in total. The van der Waals surface area contributed by atoms with Gasteiger partial charge >= 0.3 is 6.18 Å². The zero-order valence-electron chi connectivity index (χ0n) is 22.0. The second-order valence-electron chi connectivity index (χ2n) is 9.91. The summed E-state index contributed by atoms with van der Waals surface area (Å²) in [6, 6.07) is 20.9. The van der Waals surface area contributed by atoms with Gasteiger partial charge in [0.25, 0.3) is 17.4 Å². The minimum Gasteiger partial charge on any atom is -0.457 e. The summed E-state index contributed by atoms with van der Waals surface area (Å²) >= 11 is 0. The van der Waals surface area contributed by atoms with E-state index < -0.39 is 23.2 Å². The summed E-state index contributed by atoms with van der Waals surface area (Å²) in [5, 5.41) is 5.87. The Kier molecular flexibility index (Phi) is 7.40. The van der Waals surface area contributed by atoms with Gasteiger partial charge in [0, 0.05) is 24.5 Å². The van der Waals surface area contributed by atoms with E-state index in [1.807, 2.05) is 12.1 Å². The lowest BCUT2D eigenvalue weighted by Crippen LogP contribution is -2.51. The van der Waals surface area contributed by atoms with Crippen LogP contribution in [0.5, 0.6) is 11.5 Å². The number of benzene rings is 3. The zero-order chi connectivity index (χ0) is 29.2. The van der Waals surface area contributed by atoms with Crippen LogP contribution in [0.25, 0.3) is 0 Å². The molecule has 4 aromatic rings. The quantitative estimate of drug-likeness (QED) is 0.279. The molecule has 0 unspecified atom stereocenters. The molecule has 0 radical (unpaired) electrons. The second-order valence-corrected chi connectivity index (χ2v) is 9.91. The van der Waals surface area contributed by atoms with Crippen LogP contribution in [-0.4, -0.2) is 16.4 Å². The zero-order valence-corrected chi connectivity index (χ0v) is 22.0. The van der Waals surface area contributed by atoms with Crippen LogP contribution in [0.15, 0.2) is 95.9 Å². The van der Waals surface area contributed by atoms with E-state index in [4.69, 9.17) is 4.74 Å². The van der Waals surface area contributed by atoms with Crippen molar-refractivity contribution < 1.29 is 27.5 Å². The maximum atomic E-state index is 12.9. The number of aromatic nitrogens is 1. The van der Waals surface area contributed by atoms with Crippen LogP contribution in [0.2, 0.25) is 0 Å². The molecule has 1 aliphatic rings. The average molecular weight is 562 g/mol. The summed E-state index contributed by atoms with van der Waals surface area (Å²) in [7, 11) is 1.59. The maximum Gasteiger partial charge on any atom is 0.416 e. The van der Waals surface area contributed by atoms with Gasteiger partial charge in [-0.3, -0.25) is 14.4 Å². The lowest BCUT2D eigenvalue weighted by Gasteiger charge is -2.43. The monoisotopic (exact) mass is 561 g/mol. The number of aryl methyl sites for hydroxylation is 1. The van der Waals surface area contributed by atoms with Crippen molar-refractivity contribution in [1.82, 2.24) is 9.88 Å². The molecule has 1 fully saturated rings. The van der Waals surface area contributed by atoms with E-state index in [-0.39, 0.29) is 22.8 Å². The van der Waals surface area contributed by atoms with Crippen molar-refractivity contribution in [2.45, 2.75) is 31.0 Å². The highest BCUT2D eigenvalue weighted by Gasteiger charge is 2.40. The lowest BCUT2D eigenvalue weighted by atomic mass is 9.71. The largest absolute Gasteiger partial charge is 0.457 e. The number of nitrogens with zero attached hydrogens (tertiary/aromatic N) is 1. The van der Waals surface area contributed by atoms with Gasteiger partial charge < -0.3 is 19.9 Å². The third kappa shape index (κ3) is 6.01. The van der Waals surface area contributed by atoms with Crippen LogP contribution in [-0.2, 0) is 18.8 Å². The van der Waals surface area contributed by atoms with Crippen molar-refractivity contribution in [1.29, 1.82) is 0 Å². The number of hydrogen-bond acceptors (Lipinski definition) is 4. The standard InChI is InChI=1S/C31H26F3N3O4/c1-37-19-2-4-26(29(37)40)28(39)36-30(17-3-18-30)21-7-11-23(12-8-21)35-27(38)20-5-13-24(14-6-20)41-25-15-9-22(10-16-25)31(32,33)34/h2,4-16,19H,3,17-18H2,1H3,(H,35,38)(H,36,39). The third-order valence-corrected chi connectivity index (χ3v) is 7.16. The van der Waals surface area contributed by atoms with E-state index in [0.717, 1.165) is 37.0 Å². The van der Waals surface area contributed by atoms with Gasteiger partial charge in [0.15, 0.2) is 0 Å². The molecule has 1 aromatic heterocycles. The van der Waals surface area contributed by atoms with E-state index >= 15 is 0 Å². The smallest absolute Gasteiger partial charge is 0.416 e. The van der Waals surface area contributed by atoms with Crippen molar-refractivity contribution in [3.63, 3.8) is 0 Å². The lowest BCUT2D eigenvalue weighted by molar-refractivity contribution is -0.137. The Morgan fingerprint density at radius 2 is 1.46 bits per heavy atom. The maximum absolute atomic E-state index is 12.9. The first-order chi connectivity index (χ1) is 19.5. The molecule has 0 saturated heterocycles. The summed E-state index contributed by atoms with van der Waals surface area (Å²) in [5.74, 6) is -0.173. The van der Waals surface area contributed by atoms with Gasteiger partial charge in [-0.2, -0.15) is 13.2 Å². The fourth-order valence-electron chi connectivity index (χ4n) is 4.67. The topological polar surface area (TPSA) is 89.4 Å². The molecule has 1 saturated carbocycles. The Morgan fingerprint density at radius 3 is 2.02 bits per heavy atom. The van der Waals surface area contributed by atoms with Crippen molar-refractivity contribution in [3.05, 3.63) is 124 Å². The van der Waals surface area contributed by atoms with Gasteiger partial charge in [0.2, 0.25) is 0 Å². The molecule has 210 valence electrons. The Morgan fingerprint density at radius 1 is 0.854 bits per heavy atom. The molecular formula is C31H26F3N3O4. The van der Waals surface area contributed by atoms with Crippen molar-refractivity contribution >= 4 is 17.5 Å². The normalized spacial score (nSPS) is 14.0. The first-order valence-corrected chi connectivity index (χ1v) is 12.9. The van der Waals surface area contributed by atoms with Crippen LogP contribution in [0.3, 0.4) is 0 Å². The molecule has 1 aliphatic carbocycles. The molecular weight excluding hydrogens is 535 g/mol. The molecule has 0 spiro atoms. The van der Waals surface area contributed by atoms with Crippen LogP contribution >= 0.6 is 0 Å². The molecule has 0 aliphatic heterocycles. The van der Waals surface area contributed by atoms with E-state index in [2.05, 4.69) is 10.6 Å². The highest BCUT2D eigenvalue weighted by Crippen LogP contribution is 2.41. The minimum absolute atomic E-state index is 0.0842. The molecule has 41 heavy (non-hydrogen) atoms. The fraction of sp³-hybridized carbons (Fsp3) is 0.194. The Hall–Kier alpha value is -4.86. The summed E-state index contributed by atoms with van der Waals surface area (Å²) in [6.45, 7) is 0. The summed E-state index contributed by atoms with van der Waals surface area (Å²) in [4.78, 5) is 38.1. The van der Waals surface area contributed by atoms with Gasteiger partial charge in [-0.15, -0.1) is 0 Å². The average Bonchev–Trinajstić information content (AvgIpc) is 2.93. The Bertz CT molecular complexity index is 1620. The van der Waals surface area contributed by atoms with Crippen LogP contribution in [0, 0.1) is 0 Å². The number of alkyl halides is 3. The summed E-state index contributed by atoms with van der Waals surface area (Å²) in [6.07, 6.45) is -0.427. The molecule has 0 bridgehead atoms. The number of amides is 2.